The number of benzene rings is 1. The number of pyridine rings is 1. The summed E-state index contributed by atoms with van der Waals surface area (Å²) >= 11 is 5.87. The molecule has 1 aromatic heterocycles. The molecule has 1 fully saturated rings. The monoisotopic (exact) mass is 503 g/mol. The van der Waals surface area contributed by atoms with Crippen molar-refractivity contribution in [1.82, 2.24) is 15.2 Å². The number of nitrogens with zero attached hydrogens (tertiary/aromatic N) is 2. The summed E-state index contributed by atoms with van der Waals surface area (Å²) in [5, 5.41) is 33.7. The van der Waals surface area contributed by atoms with Gasteiger partial charge in [0.2, 0.25) is 5.91 Å². The van der Waals surface area contributed by atoms with E-state index in [2.05, 4.69) is 15.6 Å². The SMILES string of the molecule is CC(=O)C(=N)c1cccnc1NCC(=O)N1CCC[C@H]1C(O)N[C@H](/C=C/O)c1cccc(Cl)c1F. The number of rotatable bonds is 10. The smallest absolute Gasteiger partial charge is 0.242 e. The van der Waals surface area contributed by atoms with Gasteiger partial charge in [0.05, 0.1) is 29.9 Å². The van der Waals surface area contributed by atoms with Gasteiger partial charge in [0.1, 0.15) is 23.6 Å². The van der Waals surface area contributed by atoms with Crippen LogP contribution >= 0.6 is 11.6 Å². The summed E-state index contributed by atoms with van der Waals surface area (Å²) in [5.41, 5.74) is 0.201. The van der Waals surface area contributed by atoms with Gasteiger partial charge in [-0.05, 0) is 37.1 Å². The molecule has 11 heteroatoms. The Morgan fingerprint density at radius 3 is 2.86 bits per heavy atom. The summed E-state index contributed by atoms with van der Waals surface area (Å²) in [7, 11) is 0. The fourth-order valence-corrected chi connectivity index (χ4v) is 4.20. The van der Waals surface area contributed by atoms with Gasteiger partial charge in [-0.2, -0.15) is 0 Å². The number of amides is 1. The zero-order valence-electron chi connectivity index (χ0n) is 19.0. The van der Waals surface area contributed by atoms with Crippen molar-refractivity contribution in [2.75, 3.05) is 18.4 Å². The predicted molar refractivity (Wildman–Crippen MR) is 130 cm³/mol. The molecule has 186 valence electrons. The molecule has 3 atom stereocenters. The van der Waals surface area contributed by atoms with Gasteiger partial charge < -0.3 is 20.4 Å². The third kappa shape index (κ3) is 6.21. The Morgan fingerprint density at radius 1 is 1.37 bits per heavy atom. The fraction of sp³-hybridized carbons (Fsp3) is 0.333. The summed E-state index contributed by atoms with van der Waals surface area (Å²) < 4.78 is 14.5. The van der Waals surface area contributed by atoms with Crippen molar-refractivity contribution in [3.05, 3.63) is 70.8 Å². The molecular weight excluding hydrogens is 477 g/mol. The quantitative estimate of drug-likeness (QED) is 0.191. The number of ketones is 1. The molecule has 0 spiro atoms. The van der Waals surface area contributed by atoms with Crippen molar-refractivity contribution in [1.29, 1.82) is 5.41 Å². The van der Waals surface area contributed by atoms with E-state index < -0.39 is 29.9 Å². The van der Waals surface area contributed by atoms with Gasteiger partial charge in [0.25, 0.3) is 0 Å². The minimum absolute atomic E-state index is 0.0920. The van der Waals surface area contributed by atoms with Crippen molar-refractivity contribution in [2.24, 2.45) is 0 Å². The molecule has 1 aliphatic rings. The highest BCUT2D eigenvalue weighted by Crippen LogP contribution is 2.27. The van der Waals surface area contributed by atoms with Crippen LogP contribution in [0.3, 0.4) is 0 Å². The Labute approximate surface area is 207 Å². The number of halogens is 2. The van der Waals surface area contributed by atoms with Crippen LogP contribution in [0.2, 0.25) is 5.02 Å². The lowest BCUT2D eigenvalue weighted by molar-refractivity contribution is -0.132. The van der Waals surface area contributed by atoms with Crippen LogP contribution in [-0.4, -0.2) is 62.9 Å². The van der Waals surface area contributed by atoms with Crippen LogP contribution in [0.15, 0.2) is 48.9 Å². The number of carbonyl (C=O) groups is 2. The van der Waals surface area contributed by atoms with Crippen LogP contribution in [0.5, 0.6) is 0 Å². The fourth-order valence-electron chi connectivity index (χ4n) is 4.02. The number of hydrogen-bond donors (Lipinski definition) is 5. The maximum atomic E-state index is 14.5. The Morgan fingerprint density at radius 2 is 2.14 bits per heavy atom. The second kappa shape index (κ2) is 11.9. The van der Waals surface area contributed by atoms with E-state index in [0.29, 0.717) is 19.4 Å². The highest BCUT2D eigenvalue weighted by atomic mass is 35.5. The number of anilines is 1. The van der Waals surface area contributed by atoms with E-state index in [9.17, 15) is 24.2 Å². The first-order chi connectivity index (χ1) is 16.7. The molecule has 0 radical (unpaired) electrons. The van der Waals surface area contributed by atoms with Crippen LogP contribution in [0, 0.1) is 11.2 Å². The Balaban J connectivity index is 1.70. The minimum atomic E-state index is -1.22. The number of likely N-dealkylation sites (tertiary alicyclic amines) is 1. The first-order valence-corrected chi connectivity index (χ1v) is 11.4. The van der Waals surface area contributed by atoms with E-state index in [1.807, 2.05) is 0 Å². The number of nitrogens with one attached hydrogen (secondary N) is 3. The molecule has 1 amide bonds. The highest BCUT2D eigenvalue weighted by Gasteiger charge is 2.35. The van der Waals surface area contributed by atoms with Crippen molar-refractivity contribution >= 4 is 34.8 Å². The second-order valence-electron chi connectivity index (χ2n) is 8.05. The molecule has 3 rings (SSSR count). The normalized spacial score (nSPS) is 17.4. The number of hydrogen-bond acceptors (Lipinski definition) is 8. The maximum Gasteiger partial charge on any atom is 0.242 e. The van der Waals surface area contributed by atoms with Crippen LogP contribution < -0.4 is 10.6 Å². The second-order valence-corrected chi connectivity index (χ2v) is 8.46. The molecule has 35 heavy (non-hydrogen) atoms. The third-order valence-electron chi connectivity index (χ3n) is 5.77. The number of carbonyl (C=O) groups excluding carboxylic acids is 2. The average molecular weight is 504 g/mol. The Hall–Kier alpha value is -3.34. The van der Waals surface area contributed by atoms with Crippen molar-refractivity contribution in [3.8, 4) is 0 Å². The molecule has 1 aliphatic heterocycles. The summed E-state index contributed by atoms with van der Waals surface area (Å²) in [6.45, 7) is 1.53. The lowest BCUT2D eigenvalue weighted by atomic mass is 10.0. The first kappa shape index (κ1) is 26.3. The van der Waals surface area contributed by atoms with E-state index in [0.717, 1.165) is 6.26 Å². The topological polar surface area (TPSA) is 139 Å². The molecule has 0 aliphatic carbocycles. The van der Waals surface area contributed by atoms with Gasteiger partial charge in [-0.3, -0.25) is 20.3 Å². The van der Waals surface area contributed by atoms with Gasteiger partial charge in [-0.25, -0.2) is 9.37 Å². The van der Waals surface area contributed by atoms with Gasteiger partial charge in [-0.15, -0.1) is 0 Å². The molecule has 1 aromatic carbocycles. The van der Waals surface area contributed by atoms with E-state index in [-0.39, 0.29) is 40.1 Å². The van der Waals surface area contributed by atoms with Crippen LogP contribution in [0.1, 0.15) is 36.9 Å². The molecular formula is C24H27ClFN5O4. The van der Waals surface area contributed by atoms with E-state index in [1.165, 1.54) is 36.2 Å². The Bertz CT molecular complexity index is 1130. The van der Waals surface area contributed by atoms with Gasteiger partial charge in [-0.1, -0.05) is 23.7 Å². The minimum Gasteiger partial charge on any atom is -0.516 e. The molecule has 1 unspecified atom stereocenters. The molecule has 2 aromatic rings. The van der Waals surface area contributed by atoms with E-state index in [4.69, 9.17) is 17.0 Å². The lowest BCUT2D eigenvalue weighted by Crippen LogP contribution is -2.51. The summed E-state index contributed by atoms with van der Waals surface area (Å²) in [4.78, 5) is 30.2. The zero-order chi connectivity index (χ0) is 25.5. The predicted octanol–water partition coefficient (Wildman–Crippen LogP) is 2.95. The molecule has 5 N–H and O–H groups in total. The summed E-state index contributed by atoms with van der Waals surface area (Å²) in [5.74, 6) is -1.19. The zero-order valence-corrected chi connectivity index (χ0v) is 19.8. The molecule has 2 heterocycles. The molecule has 0 bridgehead atoms. The van der Waals surface area contributed by atoms with Crippen molar-refractivity contribution in [3.63, 3.8) is 0 Å². The summed E-state index contributed by atoms with van der Waals surface area (Å²) in [6.07, 6.45) is 3.45. The standard InChI is InChI=1S/C24H27ClFN5O4/c1-14(33)22(27)16-6-3-10-28-23(16)29-13-20(34)31-11-4-8-19(31)24(35)30-18(9-12-32)15-5-2-7-17(25)21(15)26/h2-3,5-7,9-10,12,18-19,24,27,30,32,35H,4,8,11,13H2,1H3,(H,28,29)/b12-9+,27-22?/t18-,19+,24?/m1/s1. The third-order valence-corrected chi connectivity index (χ3v) is 6.06. The van der Waals surface area contributed by atoms with Crippen LogP contribution in [0.4, 0.5) is 10.2 Å². The van der Waals surface area contributed by atoms with Crippen molar-refractivity contribution in [2.45, 2.75) is 38.1 Å². The summed E-state index contributed by atoms with van der Waals surface area (Å²) in [6, 6.07) is 6.11. The van der Waals surface area contributed by atoms with Crippen molar-refractivity contribution < 1.29 is 24.2 Å². The van der Waals surface area contributed by atoms with E-state index in [1.54, 1.807) is 18.2 Å². The first-order valence-electron chi connectivity index (χ1n) is 11.0. The average Bonchev–Trinajstić information content (AvgIpc) is 3.34. The molecule has 0 saturated carbocycles. The van der Waals surface area contributed by atoms with E-state index >= 15 is 0 Å². The largest absolute Gasteiger partial charge is 0.516 e. The molecule has 9 nitrogen and oxygen atoms in total. The number of aliphatic hydroxyl groups excluding tert-OH is 2. The number of Topliss-reactive ketones (excluding diaryl/α,β-unsaturated/α-hetero) is 1. The maximum absolute atomic E-state index is 14.5. The number of aromatic nitrogens is 1. The lowest BCUT2D eigenvalue weighted by Gasteiger charge is -2.31. The van der Waals surface area contributed by atoms with Crippen LogP contribution in [0.25, 0.3) is 0 Å². The number of aliphatic hydroxyl groups is 2. The molecule has 1 saturated heterocycles. The highest BCUT2D eigenvalue weighted by molar-refractivity contribution is 6.45. The Kier molecular flexibility index (Phi) is 8.91. The van der Waals surface area contributed by atoms with Gasteiger partial charge in [0.15, 0.2) is 5.78 Å². The van der Waals surface area contributed by atoms with Crippen LogP contribution in [-0.2, 0) is 9.59 Å². The van der Waals surface area contributed by atoms with Gasteiger partial charge >= 0.3 is 0 Å². The van der Waals surface area contributed by atoms with Gasteiger partial charge in [0, 0.05) is 30.8 Å².